The number of carbonyl (C=O) groups excluding carboxylic acids is 1. The number of carbonyl (C=O) groups is 1. The summed E-state index contributed by atoms with van der Waals surface area (Å²) in [7, 11) is 0. The van der Waals surface area contributed by atoms with E-state index in [1.807, 2.05) is 79.7 Å². The average molecular weight is 425 g/mol. The lowest BCUT2D eigenvalue weighted by atomic mass is 10.2. The summed E-state index contributed by atoms with van der Waals surface area (Å²) in [4.78, 5) is 13.0. The molecule has 1 N–H and O–H groups in total. The molecule has 29 heavy (non-hydrogen) atoms. The van der Waals surface area contributed by atoms with Crippen molar-refractivity contribution in [2.24, 2.45) is 5.10 Å². The number of hydrogen-bond donors (Lipinski definition) is 1. The number of benzene rings is 3. The van der Waals surface area contributed by atoms with Crippen LogP contribution in [0.3, 0.4) is 0 Å². The van der Waals surface area contributed by atoms with Crippen LogP contribution in [0.1, 0.15) is 16.7 Å². The van der Waals surface area contributed by atoms with Gasteiger partial charge in [0.25, 0.3) is 0 Å². The lowest BCUT2D eigenvalue weighted by Crippen LogP contribution is -2.19. The molecular weight excluding hydrogens is 404 g/mol. The Morgan fingerprint density at radius 1 is 1.03 bits per heavy atom. The zero-order chi connectivity index (χ0) is 20.5. The summed E-state index contributed by atoms with van der Waals surface area (Å²) >= 11 is 7.36. The van der Waals surface area contributed by atoms with Crippen molar-refractivity contribution in [3.8, 4) is 5.75 Å². The first kappa shape index (κ1) is 21.0. The fraction of sp³-hybridized carbons (Fsp3) is 0.130. The van der Waals surface area contributed by atoms with Gasteiger partial charge in [0.2, 0.25) is 5.91 Å². The van der Waals surface area contributed by atoms with Gasteiger partial charge in [-0.05, 0) is 66.6 Å². The van der Waals surface area contributed by atoms with E-state index < -0.39 is 0 Å². The Bertz CT molecular complexity index is 956. The highest BCUT2D eigenvalue weighted by atomic mass is 35.5. The molecule has 4 nitrogen and oxygen atoms in total. The predicted molar refractivity (Wildman–Crippen MR) is 120 cm³/mol. The third-order valence-electron chi connectivity index (χ3n) is 3.99. The van der Waals surface area contributed by atoms with Crippen LogP contribution in [-0.4, -0.2) is 17.9 Å². The Morgan fingerprint density at radius 3 is 2.41 bits per heavy atom. The van der Waals surface area contributed by atoms with Crippen LogP contribution in [0.15, 0.2) is 82.8 Å². The molecule has 0 aliphatic carbocycles. The van der Waals surface area contributed by atoms with Gasteiger partial charge in [-0.3, -0.25) is 4.79 Å². The largest absolute Gasteiger partial charge is 0.489 e. The zero-order valence-corrected chi connectivity index (χ0v) is 17.5. The highest BCUT2D eigenvalue weighted by Gasteiger charge is 2.01. The normalized spacial score (nSPS) is 10.8. The van der Waals surface area contributed by atoms with Crippen molar-refractivity contribution >= 4 is 35.5 Å². The van der Waals surface area contributed by atoms with Crippen LogP contribution in [0.5, 0.6) is 5.75 Å². The van der Waals surface area contributed by atoms with Gasteiger partial charge in [0, 0.05) is 9.92 Å². The van der Waals surface area contributed by atoms with E-state index in [2.05, 4.69) is 10.5 Å². The Kier molecular flexibility index (Phi) is 7.73. The van der Waals surface area contributed by atoms with E-state index in [1.165, 1.54) is 17.3 Å². The van der Waals surface area contributed by atoms with Gasteiger partial charge >= 0.3 is 0 Å². The first-order valence-corrected chi connectivity index (χ1v) is 10.4. The van der Waals surface area contributed by atoms with Crippen LogP contribution in [0.25, 0.3) is 0 Å². The van der Waals surface area contributed by atoms with Crippen molar-refractivity contribution in [3.63, 3.8) is 0 Å². The topological polar surface area (TPSA) is 50.7 Å². The van der Waals surface area contributed by atoms with Crippen molar-refractivity contribution in [2.75, 3.05) is 5.75 Å². The first-order chi connectivity index (χ1) is 14.1. The molecule has 0 aliphatic rings. The predicted octanol–water partition coefficient (Wildman–Crippen LogP) is 5.47. The number of hydrogen-bond acceptors (Lipinski definition) is 4. The number of ether oxygens (including phenoxy) is 1. The Hall–Kier alpha value is -2.76. The molecule has 3 rings (SSSR count). The zero-order valence-electron chi connectivity index (χ0n) is 16.0. The van der Waals surface area contributed by atoms with Crippen LogP contribution in [0, 0.1) is 6.92 Å². The van der Waals surface area contributed by atoms with E-state index in [4.69, 9.17) is 16.3 Å². The van der Waals surface area contributed by atoms with Gasteiger partial charge in [0.05, 0.1) is 12.0 Å². The molecule has 148 valence electrons. The van der Waals surface area contributed by atoms with E-state index in [1.54, 1.807) is 6.21 Å². The smallest absolute Gasteiger partial charge is 0.250 e. The van der Waals surface area contributed by atoms with Crippen molar-refractivity contribution in [1.29, 1.82) is 0 Å². The summed E-state index contributed by atoms with van der Waals surface area (Å²) in [6.45, 7) is 2.51. The molecule has 3 aromatic rings. The van der Waals surface area contributed by atoms with Gasteiger partial charge in [-0.15, -0.1) is 11.8 Å². The molecule has 0 heterocycles. The van der Waals surface area contributed by atoms with Crippen molar-refractivity contribution in [1.82, 2.24) is 5.43 Å². The highest BCUT2D eigenvalue weighted by molar-refractivity contribution is 8.00. The van der Waals surface area contributed by atoms with E-state index in [9.17, 15) is 4.79 Å². The average Bonchev–Trinajstić information content (AvgIpc) is 2.74. The van der Waals surface area contributed by atoms with E-state index in [0.29, 0.717) is 17.4 Å². The van der Waals surface area contributed by atoms with Gasteiger partial charge in [-0.25, -0.2) is 5.43 Å². The van der Waals surface area contributed by atoms with Crippen molar-refractivity contribution in [3.05, 3.63) is 94.5 Å². The third kappa shape index (κ3) is 7.29. The number of halogens is 1. The van der Waals surface area contributed by atoms with Gasteiger partial charge in [-0.2, -0.15) is 5.10 Å². The maximum absolute atomic E-state index is 11.9. The van der Waals surface area contributed by atoms with Crippen LogP contribution in [0.2, 0.25) is 5.02 Å². The van der Waals surface area contributed by atoms with Crippen molar-refractivity contribution in [2.45, 2.75) is 18.4 Å². The second kappa shape index (κ2) is 10.7. The minimum Gasteiger partial charge on any atom is -0.489 e. The molecule has 0 unspecified atom stereocenters. The monoisotopic (exact) mass is 424 g/mol. The molecule has 0 aromatic heterocycles. The molecule has 0 atom stereocenters. The van der Waals surface area contributed by atoms with E-state index in [-0.39, 0.29) is 5.91 Å². The third-order valence-corrected chi connectivity index (χ3v) is 5.26. The van der Waals surface area contributed by atoms with Crippen molar-refractivity contribution < 1.29 is 9.53 Å². The maximum Gasteiger partial charge on any atom is 0.250 e. The molecular formula is C23H21ClN2O2S. The summed E-state index contributed by atoms with van der Waals surface area (Å²) in [6.07, 6.45) is 1.61. The number of thioether (sulfide) groups is 1. The van der Waals surface area contributed by atoms with Crippen LogP contribution >= 0.6 is 23.4 Å². The van der Waals surface area contributed by atoms with Gasteiger partial charge in [0.1, 0.15) is 12.4 Å². The standard InChI is InChI=1S/C23H21ClN2O2S/c1-17-2-12-22(13-3-17)29-16-23(27)26-25-14-18-6-10-21(11-7-18)28-15-19-4-8-20(24)9-5-19/h2-14H,15-16H2,1H3,(H,26,27)/b25-14-. The molecule has 0 aliphatic heterocycles. The summed E-state index contributed by atoms with van der Waals surface area (Å²) in [5.74, 6) is 0.933. The molecule has 0 saturated carbocycles. The number of hydrazone groups is 1. The fourth-order valence-corrected chi connectivity index (χ4v) is 3.21. The summed E-state index contributed by atoms with van der Waals surface area (Å²) < 4.78 is 5.75. The molecule has 0 bridgehead atoms. The number of nitrogens with one attached hydrogen (secondary N) is 1. The van der Waals surface area contributed by atoms with E-state index in [0.717, 1.165) is 21.8 Å². The minimum atomic E-state index is -0.144. The number of amides is 1. The number of nitrogens with zero attached hydrogens (tertiary/aromatic N) is 1. The maximum atomic E-state index is 11.9. The Balaban J connectivity index is 1.41. The molecule has 3 aromatic carbocycles. The van der Waals surface area contributed by atoms with Gasteiger partial charge < -0.3 is 4.74 Å². The van der Waals surface area contributed by atoms with Crippen LogP contribution in [0.4, 0.5) is 0 Å². The molecule has 0 saturated heterocycles. The highest BCUT2D eigenvalue weighted by Crippen LogP contribution is 2.18. The number of rotatable bonds is 8. The molecule has 1 amide bonds. The Labute approximate surface area is 179 Å². The second-order valence-electron chi connectivity index (χ2n) is 6.38. The Morgan fingerprint density at radius 2 is 1.72 bits per heavy atom. The first-order valence-electron chi connectivity index (χ1n) is 9.07. The summed E-state index contributed by atoms with van der Waals surface area (Å²) in [5.41, 5.74) is 5.66. The fourth-order valence-electron chi connectivity index (χ4n) is 2.39. The van der Waals surface area contributed by atoms with Gasteiger partial charge in [0.15, 0.2) is 0 Å². The summed E-state index contributed by atoms with van der Waals surface area (Å²) in [5, 5.41) is 4.71. The van der Waals surface area contributed by atoms with Crippen LogP contribution in [-0.2, 0) is 11.4 Å². The molecule has 0 spiro atoms. The molecule has 0 radical (unpaired) electrons. The van der Waals surface area contributed by atoms with Crippen LogP contribution < -0.4 is 10.2 Å². The SMILES string of the molecule is Cc1ccc(SCC(=O)N/N=C\c2ccc(OCc3ccc(Cl)cc3)cc2)cc1. The molecule has 6 heteroatoms. The quantitative estimate of drug-likeness (QED) is 0.296. The van der Waals surface area contributed by atoms with E-state index >= 15 is 0 Å². The minimum absolute atomic E-state index is 0.144. The summed E-state index contributed by atoms with van der Waals surface area (Å²) in [6, 6.07) is 23.1. The number of aryl methyl sites for hydroxylation is 1. The van der Waals surface area contributed by atoms with Gasteiger partial charge in [-0.1, -0.05) is 41.4 Å². The lowest BCUT2D eigenvalue weighted by molar-refractivity contribution is -0.118. The second-order valence-corrected chi connectivity index (χ2v) is 7.86. The lowest BCUT2D eigenvalue weighted by Gasteiger charge is -2.06. The molecule has 0 fully saturated rings.